The number of carbonyl (C=O) groups excluding carboxylic acids is 1. The van der Waals surface area contributed by atoms with Gasteiger partial charge in [-0.1, -0.05) is 19.1 Å². The van der Waals surface area contributed by atoms with Crippen LogP contribution in [0.15, 0.2) is 36.5 Å². The van der Waals surface area contributed by atoms with E-state index in [-0.39, 0.29) is 5.91 Å². The van der Waals surface area contributed by atoms with Gasteiger partial charge >= 0.3 is 0 Å². The van der Waals surface area contributed by atoms with Gasteiger partial charge in [0, 0.05) is 24.7 Å². The number of hydrogen-bond donors (Lipinski definition) is 2. The first-order valence-electron chi connectivity index (χ1n) is 8.62. The third kappa shape index (κ3) is 3.42. The molecular formula is C20H24N4O. The molecule has 25 heavy (non-hydrogen) atoms. The van der Waals surface area contributed by atoms with Gasteiger partial charge in [0.2, 0.25) is 5.91 Å². The standard InChI is InChI=1S/C20H24N4O/c1-4-17-20(15-6-5-13(2)14(3)11-15)23-18-8-7-16(12-24(17)18)22-19(25)9-10-21/h5-8,11-12H,4,9-10,21H2,1-3H3,(H,22,25). The molecule has 0 unspecified atom stereocenters. The molecule has 130 valence electrons. The van der Waals surface area contributed by atoms with E-state index in [2.05, 4.69) is 48.7 Å². The Labute approximate surface area is 147 Å². The van der Waals surface area contributed by atoms with Crippen molar-refractivity contribution >= 4 is 17.2 Å². The first-order valence-corrected chi connectivity index (χ1v) is 8.62. The van der Waals surface area contributed by atoms with Crippen molar-refractivity contribution in [3.05, 3.63) is 53.3 Å². The quantitative estimate of drug-likeness (QED) is 0.749. The van der Waals surface area contributed by atoms with E-state index >= 15 is 0 Å². The molecule has 3 N–H and O–H groups in total. The summed E-state index contributed by atoms with van der Waals surface area (Å²) in [5.41, 5.74) is 12.8. The summed E-state index contributed by atoms with van der Waals surface area (Å²) in [5.74, 6) is -0.0746. The van der Waals surface area contributed by atoms with E-state index in [4.69, 9.17) is 10.7 Å². The van der Waals surface area contributed by atoms with Crippen molar-refractivity contribution < 1.29 is 4.79 Å². The summed E-state index contributed by atoms with van der Waals surface area (Å²) in [6.45, 7) is 6.69. The van der Waals surface area contributed by atoms with E-state index in [1.54, 1.807) is 0 Å². The number of imidazole rings is 1. The number of carbonyl (C=O) groups is 1. The maximum absolute atomic E-state index is 11.8. The van der Waals surface area contributed by atoms with E-state index in [0.717, 1.165) is 34.7 Å². The van der Waals surface area contributed by atoms with Crippen LogP contribution in [0.3, 0.4) is 0 Å². The fourth-order valence-electron chi connectivity index (χ4n) is 2.98. The van der Waals surface area contributed by atoms with Gasteiger partial charge in [0.1, 0.15) is 5.65 Å². The molecule has 0 spiro atoms. The maximum atomic E-state index is 11.8. The molecule has 5 nitrogen and oxygen atoms in total. The first kappa shape index (κ1) is 17.2. The van der Waals surface area contributed by atoms with Gasteiger partial charge in [-0.15, -0.1) is 0 Å². The Kier molecular flexibility index (Phi) is 4.86. The second-order valence-corrected chi connectivity index (χ2v) is 6.29. The Morgan fingerprint density at radius 3 is 2.68 bits per heavy atom. The van der Waals surface area contributed by atoms with Crippen molar-refractivity contribution in [2.24, 2.45) is 5.73 Å². The molecule has 0 radical (unpaired) electrons. The number of amides is 1. The average Bonchev–Trinajstić information content (AvgIpc) is 2.95. The number of anilines is 1. The predicted molar refractivity (Wildman–Crippen MR) is 102 cm³/mol. The average molecular weight is 336 g/mol. The fraction of sp³-hybridized carbons (Fsp3) is 0.300. The molecule has 0 fully saturated rings. The maximum Gasteiger partial charge on any atom is 0.225 e. The van der Waals surface area contributed by atoms with Gasteiger partial charge in [-0.25, -0.2) is 4.98 Å². The minimum Gasteiger partial charge on any atom is -0.330 e. The minimum absolute atomic E-state index is 0.0746. The molecule has 2 heterocycles. The van der Waals surface area contributed by atoms with Gasteiger partial charge in [-0.3, -0.25) is 4.79 Å². The van der Waals surface area contributed by atoms with Crippen LogP contribution < -0.4 is 11.1 Å². The van der Waals surface area contributed by atoms with Gasteiger partial charge in [-0.05, 0) is 49.6 Å². The molecule has 5 heteroatoms. The number of aromatic nitrogens is 2. The van der Waals surface area contributed by atoms with Crippen molar-refractivity contribution in [1.82, 2.24) is 9.38 Å². The van der Waals surface area contributed by atoms with Crippen LogP contribution in [0.1, 0.15) is 30.2 Å². The number of fused-ring (bicyclic) bond motifs is 1. The largest absolute Gasteiger partial charge is 0.330 e. The monoisotopic (exact) mass is 336 g/mol. The molecule has 0 bridgehead atoms. The molecule has 0 saturated carbocycles. The number of nitrogens with one attached hydrogen (secondary N) is 1. The Morgan fingerprint density at radius 2 is 2.00 bits per heavy atom. The molecule has 0 aliphatic heterocycles. The lowest BCUT2D eigenvalue weighted by Gasteiger charge is -2.07. The normalized spacial score (nSPS) is 11.0. The molecule has 2 aromatic heterocycles. The molecule has 0 atom stereocenters. The molecular weight excluding hydrogens is 312 g/mol. The van der Waals surface area contributed by atoms with E-state index in [9.17, 15) is 4.79 Å². The summed E-state index contributed by atoms with van der Waals surface area (Å²) in [7, 11) is 0. The van der Waals surface area contributed by atoms with Crippen molar-refractivity contribution in [2.75, 3.05) is 11.9 Å². The highest BCUT2D eigenvalue weighted by Crippen LogP contribution is 2.27. The summed E-state index contributed by atoms with van der Waals surface area (Å²) >= 11 is 0. The highest BCUT2D eigenvalue weighted by molar-refractivity contribution is 5.90. The summed E-state index contributed by atoms with van der Waals surface area (Å²) in [6.07, 6.45) is 3.10. The molecule has 3 aromatic rings. The van der Waals surface area contributed by atoms with Gasteiger partial charge in [0.05, 0.1) is 17.1 Å². The lowest BCUT2D eigenvalue weighted by atomic mass is 10.0. The van der Waals surface area contributed by atoms with Crippen LogP contribution in [-0.2, 0) is 11.2 Å². The Bertz CT molecular complexity index is 927. The van der Waals surface area contributed by atoms with Gasteiger partial charge < -0.3 is 15.5 Å². The highest BCUT2D eigenvalue weighted by atomic mass is 16.1. The molecule has 0 aliphatic rings. The highest BCUT2D eigenvalue weighted by Gasteiger charge is 2.14. The summed E-state index contributed by atoms with van der Waals surface area (Å²) in [5, 5.41) is 2.88. The Morgan fingerprint density at radius 1 is 1.20 bits per heavy atom. The minimum atomic E-state index is -0.0746. The zero-order valence-electron chi connectivity index (χ0n) is 15.0. The van der Waals surface area contributed by atoms with Crippen LogP contribution >= 0.6 is 0 Å². The molecule has 0 aliphatic carbocycles. The molecule has 3 rings (SSSR count). The molecule has 1 aromatic carbocycles. The van der Waals surface area contributed by atoms with Crippen molar-refractivity contribution in [1.29, 1.82) is 0 Å². The van der Waals surface area contributed by atoms with Crippen molar-refractivity contribution in [2.45, 2.75) is 33.6 Å². The molecule has 0 saturated heterocycles. The lowest BCUT2D eigenvalue weighted by molar-refractivity contribution is -0.116. The number of hydrogen-bond acceptors (Lipinski definition) is 3. The predicted octanol–water partition coefficient (Wildman–Crippen LogP) is 3.47. The number of pyridine rings is 1. The number of rotatable bonds is 5. The van der Waals surface area contributed by atoms with Crippen molar-refractivity contribution in [3.63, 3.8) is 0 Å². The van der Waals surface area contributed by atoms with Gasteiger partial charge in [0.15, 0.2) is 0 Å². The number of nitrogens with zero attached hydrogens (tertiary/aromatic N) is 2. The second-order valence-electron chi connectivity index (χ2n) is 6.29. The Balaban J connectivity index is 2.06. The van der Waals surface area contributed by atoms with E-state index < -0.39 is 0 Å². The third-order valence-electron chi connectivity index (χ3n) is 4.49. The first-order chi connectivity index (χ1) is 12.0. The third-order valence-corrected chi connectivity index (χ3v) is 4.49. The molecule has 1 amide bonds. The number of nitrogens with two attached hydrogens (primary N) is 1. The van der Waals surface area contributed by atoms with Gasteiger partial charge in [0.25, 0.3) is 0 Å². The van der Waals surface area contributed by atoms with Gasteiger partial charge in [-0.2, -0.15) is 0 Å². The smallest absolute Gasteiger partial charge is 0.225 e. The van der Waals surface area contributed by atoms with Crippen LogP contribution in [0.4, 0.5) is 5.69 Å². The van der Waals surface area contributed by atoms with Crippen LogP contribution in [0.25, 0.3) is 16.9 Å². The zero-order valence-corrected chi connectivity index (χ0v) is 15.0. The summed E-state index contributed by atoms with van der Waals surface area (Å²) in [6, 6.07) is 10.2. The van der Waals surface area contributed by atoms with E-state index in [0.29, 0.717) is 13.0 Å². The van der Waals surface area contributed by atoms with Crippen LogP contribution in [0, 0.1) is 13.8 Å². The lowest BCUT2D eigenvalue weighted by Crippen LogP contribution is -2.16. The number of aryl methyl sites for hydroxylation is 3. The van der Waals surface area contributed by atoms with Crippen LogP contribution in [-0.4, -0.2) is 21.8 Å². The van der Waals surface area contributed by atoms with E-state index in [1.165, 1.54) is 11.1 Å². The fourth-order valence-corrected chi connectivity index (χ4v) is 2.98. The number of benzene rings is 1. The SMILES string of the molecule is CCc1c(-c2ccc(C)c(C)c2)nc2ccc(NC(=O)CCN)cn12. The van der Waals surface area contributed by atoms with E-state index in [1.807, 2.05) is 18.3 Å². The topological polar surface area (TPSA) is 72.4 Å². The van der Waals surface area contributed by atoms with Crippen LogP contribution in [0.5, 0.6) is 0 Å². The summed E-state index contributed by atoms with van der Waals surface area (Å²) < 4.78 is 2.06. The second kappa shape index (κ2) is 7.07. The summed E-state index contributed by atoms with van der Waals surface area (Å²) in [4.78, 5) is 16.6. The zero-order chi connectivity index (χ0) is 18.0. The van der Waals surface area contributed by atoms with Crippen molar-refractivity contribution in [3.8, 4) is 11.3 Å². The van der Waals surface area contributed by atoms with Crippen LogP contribution in [0.2, 0.25) is 0 Å². The Hall–Kier alpha value is -2.66.